The highest BCUT2D eigenvalue weighted by Gasteiger charge is 2.05. The molecule has 5 heteroatoms. The van der Waals surface area contributed by atoms with E-state index in [0.717, 1.165) is 18.1 Å². The maximum atomic E-state index is 9.20. The van der Waals surface area contributed by atoms with Crippen molar-refractivity contribution in [2.45, 2.75) is 26.9 Å². The van der Waals surface area contributed by atoms with E-state index in [1.807, 2.05) is 12.1 Å². The van der Waals surface area contributed by atoms with E-state index in [0.29, 0.717) is 12.5 Å². The molecule has 2 rings (SSSR count). The molecule has 0 aliphatic heterocycles. The summed E-state index contributed by atoms with van der Waals surface area (Å²) in [5.74, 6) is 1.74. The van der Waals surface area contributed by atoms with Crippen LogP contribution in [-0.2, 0) is 13.1 Å². The maximum Gasteiger partial charge on any atom is 0.152 e. The van der Waals surface area contributed by atoms with Crippen molar-refractivity contribution in [3.05, 3.63) is 36.4 Å². The van der Waals surface area contributed by atoms with Crippen LogP contribution < -0.4 is 5.32 Å². The summed E-state index contributed by atoms with van der Waals surface area (Å²) >= 11 is 0. The Kier molecular flexibility index (Phi) is 3.82. The summed E-state index contributed by atoms with van der Waals surface area (Å²) in [6, 6.07) is 6.97. The van der Waals surface area contributed by atoms with Crippen LogP contribution in [0.2, 0.25) is 0 Å². The number of rotatable bonds is 5. The van der Waals surface area contributed by atoms with E-state index in [1.54, 1.807) is 18.5 Å². The predicted octanol–water partition coefficient (Wildman–Crippen LogP) is 2.25. The molecule has 0 atom stereocenters. The molecule has 96 valence electrons. The number of nitrogens with one attached hydrogen (secondary N) is 1. The molecular weight excluding hydrogens is 228 g/mol. The SMILES string of the molecule is CC(C)Cn1cnnc1CNc1ccc(O)cc1. The molecule has 5 nitrogen and oxygen atoms in total. The van der Waals surface area contributed by atoms with Crippen molar-refractivity contribution >= 4 is 5.69 Å². The van der Waals surface area contributed by atoms with Gasteiger partial charge in [0.25, 0.3) is 0 Å². The monoisotopic (exact) mass is 246 g/mol. The molecular formula is C13H18N4O. The first-order valence-corrected chi connectivity index (χ1v) is 6.04. The van der Waals surface area contributed by atoms with E-state index < -0.39 is 0 Å². The Hall–Kier alpha value is -2.04. The molecule has 0 amide bonds. The van der Waals surface area contributed by atoms with E-state index in [1.165, 1.54) is 0 Å². The van der Waals surface area contributed by atoms with Crippen molar-refractivity contribution < 1.29 is 5.11 Å². The van der Waals surface area contributed by atoms with Crippen LogP contribution in [0.5, 0.6) is 5.75 Å². The number of benzene rings is 1. The van der Waals surface area contributed by atoms with Gasteiger partial charge in [0.15, 0.2) is 5.82 Å². The van der Waals surface area contributed by atoms with Gasteiger partial charge in [0.05, 0.1) is 6.54 Å². The normalized spacial score (nSPS) is 10.8. The Labute approximate surface area is 106 Å². The molecule has 0 fully saturated rings. The molecule has 18 heavy (non-hydrogen) atoms. The van der Waals surface area contributed by atoms with E-state index in [4.69, 9.17) is 0 Å². The van der Waals surface area contributed by atoms with Crippen LogP contribution in [0.3, 0.4) is 0 Å². The molecule has 1 heterocycles. The van der Waals surface area contributed by atoms with E-state index in [9.17, 15) is 5.11 Å². The standard InChI is InChI=1S/C13H18N4O/c1-10(2)8-17-9-15-16-13(17)7-14-11-3-5-12(18)6-4-11/h3-6,9-10,14,18H,7-8H2,1-2H3. The Morgan fingerprint density at radius 3 is 2.67 bits per heavy atom. The van der Waals surface area contributed by atoms with Gasteiger partial charge in [-0.25, -0.2) is 0 Å². The Morgan fingerprint density at radius 2 is 2.00 bits per heavy atom. The van der Waals surface area contributed by atoms with E-state index in [-0.39, 0.29) is 5.75 Å². The minimum absolute atomic E-state index is 0.267. The van der Waals surface area contributed by atoms with Crippen LogP contribution in [0, 0.1) is 5.92 Å². The van der Waals surface area contributed by atoms with Gasteiger partial charge in [-0.3, -0.25) is 0 Å². The molecule has 2 aromatic rings. The minimum atomic E-state index is 0.267. The summed E-state index contributed by atoms with van der Waals surface area (Å²) in [6.07, 6.45) is 1.76. The molecule has 0 saturated heterocycles. The molecule has 1 aromatic carbocycles. The smallest absolute Gasteiger partial charge is 0.152 e. The fourth-order valence-electron chi connectivity index (χ4n) is 1.72. The molecule has 0 saturated carbocycles. The van der Waals surface area contributed by atoms with Gasteiger partial charge in [-0.1, -0.05) is 13.8 Å². The van der Waals surface area contributed by atoms with Crippen LogP contribution in [0.4, 0.5) is 5.69 Å². The second-order valence-corrected chi connectivity index (χ2v) is 4.69. The Balaban J connectivity index is 1.97. The zero-order chi connectivity index (χ0) is 13.0. The van der Waals surface area contributed by atoms with Crippen LogP contribution in [0.15, 0.2) is 30.6 Å². The molecule has 0 radical (unpaired) electrons. The van der Waals surface area contributed by atoms with Gasteiger partial charge in [-0.15, -0.1) is 10.2 Å². The summed E-state index contributed by atoms with van der Waals surface area (Å²) in [6.45, 7) is 5.87. The summed E-state index contributed by atoms with van der Waals surface area (Å²) in [5.41, 5.74) is 0.951. The summed E-state index contributed by atoms with van der Waals surface area (Å²) in [5, 5.41) is 20.5. The second-order valence-electron chi connectivity index (χ2n) is 4.69. The maximum absolute atomic E-state index is 9.20. The highest BCUT2D eigenvalue weighted by molar-refractivity contribution is 5.45. The van der Waals surface area contributed by atoms with Gasteiger partial charge in [-0.2, -0.15) is 0 Å². The summed E-state index contributed by atoms with van der Waals surface area (Å²) < 4.78 is 2.05. The fourth-order valence-corrected chi connectivity index (χ4v) is 1.72. The number of phenolic OH excluding ortho intramolecular Hbond substituents is 1. The van der Waals surface area contributed by atoms with Crippen LogP contribution in [-0.4, -0.2) is 19.9 Å². The van der Waals surface area contributed by atoms with E-state index >= 15 is 0 Å². The number of phenols is 1. The van der Waals surface area contributed by atoms with Gasteiger partial charge < -0.3 is 15.0 Å². The van der Waals surface area contributed by atoms with Gasteiger partial charge in [-0.05, 0) is 30.2 Å². The summed E-state index contributed by atoms with van der Waals surface area (Å²) in [7, 11) is 0. The van der Waals surface area contributed by atoms with Crippen LogP contribution >= 0.6 is 0 Å². The molecule has 1 aromatic heterocycles. The number of aromatic hydroxyl groups is 1. The lowest BCUT2D eigenvalue weighted by molar-refractivity contribution is 0.475. The predicted molar refractivity (Wildman–Crippen MR) is 70.3 cm³/mol. The van der Waals surface area contributed by atoms with Crippen molar-refractivity contribution in [1.29, 1.82) is 0 Å². The summed E-state index contributed by atoms with van der Waals surface area (Å²) in [4.78, 5) is 0. The minimum Gasteiger partial charge on any atom is -0.508 e. The van der Waals surface area contributed by atoms with Gasteiger partial charge >= 0.3 is 0 Å². The van der Waals surface area contributed by atoms with Gasteiger partial charge in [0.1, 0.15) is 12.1 Å². The first-order chi connectivity index (χ1) is 8.65. The lowest BCUT2D eigenvalue weighted by atomic mass is 10.2. The lowest BCUT2D eigenvalue weighted by Gasteiger charge is -2.10. The first-order valence-electron chi connectivity index (χ1n) is 6.04. The largest absolute Gasteiger partial charge is 0.508 e. The van der Waals surface area contributed by atoms with Crippen molar-refractivity contribution in [1.82, 2.24) is 14.8 Å². The number of hydrogen-bond donors (Lipinski definition) is 2. The molecule has 0 bridgehead atoms. The highest BCUT2D eigenvalue weighted by Crippen LogP contribution is 2.14. The molecule has 0 unspecified atom stereocenters. The van der Waals surface area contributed by atoms with Gasteiger partial charge in [0.2, 0.25) is 0 Å². The highest BCUT2D eigenvalue weighted by atomic mass is 16.3. The third kappa shape index (κ3) is 3.23. The average molecular weight is 246 g/mol. The van der Waals surface area contributed by atoms with Crippen molar-refractivity contribution in [3.63, 3.8) is 0 Å². The first kappa shape index (κ1) is 12.4. The number of aromatic nitrogens is 3. The van der Waals surface area contributed by atoms with Crippen molar-refractivity contribution in [3.8, 4) is 5.75 Å². The van der Waals surface area contributed by atoms with Crippen molar-refractivity contribution in [2.24, 2.45) is 5.92 Å². The fraction of sp³-hybridized carbons (Fsp3) is 0.385. The average Bonchev–Trinajstić information content (AvgIpc) is 2.75. The lowest BCUT2D eigenvalue weighted by Crippen LogP contribution is -2.11. The van der Waals surface area contributed by atoms with Crippen LogP contribution in [0.1, 0.15) is 19.7 Å². The third-order valence-electron chi connectivity index (χ3n) is 2.58. The molecule has 0 aliphatic rings. The quantitative estimate of drug-likeness (QED) is 0.794. The molecule has 0 spiro atoms. The second kappa shape index (κ2) is 5.53. The van der Waals surface area contributed by atoms with Crippen LogP contribution in [0.25, 0.3) is 0 Å². The Bertz CT molecular complexity index is 490. The van der Waals surface area contributed by atoms with E-state index in [2.05, 4.69) is 33.9 Å². The molecule has 0 aliphatic carbocycles. The number of nitrogens with zero attached hydrogens (tertiary/aromatic N) is 3. The Morgan fingerprint density at radius 1 is 1.28 bits per heavy atom. The number of anilines is 1. The van der Waals surface area contributed by atoms with Crippen molar-refractivity contribution in [2.75, 3.05) is 5.32 Å². The zero-order valence-electron chi connectivity index (χ0n) is 10.7. The number of hydrogen-bond acceptors (Lipinski definition) is 4. The van der Waals surface area contributed by atoms with Gasteiger partial charge in [0, 0.05) is 12.2 Å². The zero-order valence-corrected chi connectivity index (χ0v) is 10.7. The third-order valence-corrected chi connectivity index (χ3v) is 2.58. The molecule has 2 N–H and O–H groups in total. The topological polar surface area (TPSA) is 63.0 Å².